The third-order valence-electron chi connectivity index (χ3n) is 3.36. The van der Waals surface area contributed by atoms with Crippen molar-refractivity contribution in [1.82, 2.24) is 9.62 Å². The molecule has 0 aromatic heterocycles. The highest BCUT2D eigenvalue weighted by Gasteiger charge is 2.13. The zero-order valence-electron chi connectivity index (χ0n) is 12.5. The Morgan fingerprint density at radius 3 is 2.43 bits per heavy atom. The van der Waals surface area contributed by atoms with E-state index >= 15 is 0 Å². The topological polar surface area (TPSA) is 49.4 Å². The third kappa shape index (κ3) is 4.52. The van der Waals surface area contributed by atoms with Crippen LogP contribution in [0.1, 0.15) is 12.8 Å². The summed E-state index contributed by atoms with van der Waals surface area (Å²) in [5, 5.41) is 1.98. The Balaban J connectivity index is 2.00. The Labute approximate surface area is 126 Å². The van der Waals surface area contributed by atoms with E-state index in [0.29, 0.717) is 11.4 Å². The molecular formula is C16H22N2O2S. The molecule has 0 unspecified atom stereocenters. The van der Waals surface area contributed by atoms with Crippen molar-refractivity contribution in [2.24, 2.45) is 0 Å². The van der Waals surface area contributed by atoms with Crippen LogP contribution in [0.2, 0.25) is 0 Å². The molecule has 2 rings (SSSR count). The summed E-state index contributed by atoms with van der Waals surface area (Å²) in [6.07, 6.45) is 1.82. The summed E-state index contributed by atoms with van der Waals surface area (Å²) in [7, 11) is 0.610. The smallest absolute Gasteiger partial charge is 0.240 e. The van der Waals surface area contributed by atoms with Gasteiger partial charge in [-0.3, -0.25) is 0 Å². The highest BCUT2D eigenvalue weighted by atomic mass is 32.2. The van der Waals surface area contributed by atoms with Crippen LogP contribution in [0.5, 0.6) is 0 Å². The summed E-state index contributed by atoms with van der Waals surface area (Å²) in [4.78, 5) is 2.42. The minimum atomic E-state index is -3.42. The molecule has 0 heterocycles. The van der Waals surface area contributed by atoms with Gasteiger partial charge in [-0.15, -0.1) is 0 Å². The SMILES string of the molecule is CN(C)CCCCNS(=O)(=O)c1ccc2ccccc2c1. The summed E-state index contributed by atoms with van der Waals surface area (Å²) < 4.78 is 27.2. The lowest BCUT2D eigenvalue weighted by Gasteiger charge is -2.10. The fourth-order valence-corrected chi connectivity index (χ4v) is 3.29. The average Bonchev–Trinajstić information content (AvgIpc) is 2.46. The van der Waals surface area contributed by atoms with Gasteiger partial charge in [0.1, 0.15) is 0 Å². The summed E-state index contributed by atoms with van der Waals surface area (Å²) in [5.74, 6) is 0. The predicted molar refractivity (Wildman–Crippen MR) is 86.9 cm³/mol. The Kier molecular flexibility index (Phi) is 5.33. The van der Waals surface area contributed by atoms with Gasteiger partial charge in [-0.2, -0.15) is 0 Å². The van der Waals surface area contributed by atoms with E-state index in [4.69, 9.17) is 0 Å². The maximum atomic E-state index is 12.3. The molecule has 0 atom stereocenters. The fraction of sp³-hybridized carbons (Fsp3) is 0.375. The van der Waals surface area contributed by atoms with E-state index < -0.39 is 10.0 Å². The summed E-state index contributed by atoms with van der Waals surface area (Å²) in [6, 6.07) is 13.0. The van der Waals surface area contributed by atoms with Gasteiger partial charge in [-0.1, -0.05) is 30.3 Å². The van der Waals surface area contributed by atoms with E-state index in [-0.39, 0.29) is 0 Å². The van der Waals surface area contributed by atoms with E-state index in [1.165, 1.54) is 0 Å². The van der Waals surface area contributed by atoms with Crippen LogP contribution in [0.25, 0.3) is 10.8 Å². The molecule has 2 aromatic carbocycles. The van der Waals surface area contributed by atoms with Crippen molar-refractivity contribution >= 4 is 20.8 Å². The Morgan fingerprint density at radius 1 is 1.00 bits per heavy atom. The molecule has 2 aromatic rings. The van der Waals surface area contributed by atoms with Crippen LogP contribution >= 0.6 is 0 Å². The van der Waals surface area contributed by atoms with Crippen molar-refractivity contribution in [3.05, 3.63) is 42.5 Å². The van der Waals surface area contributed by atoms with Gasteiger partial charge in [-0.25, -0.2) is 13.1 Å². The number of hydrogen-bond donors (Lipinski definition) is 1. The number of benzene rings is 2. The summed E-state index contributed by atoms with van der Waals surface area (Å²) in [5.41, 5.74) is 0. The first-order valence-corrected chi connectivity index (χ1v) is 8.60. The van der Waals surface area contributed by atoms with Crippen LogP contribution in [0.3, 0.4) is 0 Å². The molecule has 1 N–H and O–H groups in total. The second-order valence-electron chi connectivity index (χ2n) is 5.42. The van der Waals surface area contributed by atoms with Crippen LogP contribution < -0.4 is 4.72 Å². The number of fused-ring (bicyclic) bond motifs is 1. The van der Waals surface area contributed by atoms with Crippen molar-refractivity contribution in [2.75, 3.05) is 27.2 Å². The second-order valence-corrected chi connectivity index (χ2v) is 7.18. The maximum absolute atomic E-state index is 12.3. The first-order valence-electron chi connectivity index (χ1n) is 7.12. The van der Waals surface area contributed by atoms with Crippen LogP contribution in [0.4, 0.5) is 0 Å². The average molecular weight is 306 g/mol. The van der Waals surface area contributed by atoms with Crippen molar-refractivity contribution in [1.29, 1.82) is 0 Å². The zero-order chi connectivity index (χ0) is 15.3. The largest absolute Gasteiger partial charge is 0.309 e. The van der Waals surface area contributed by atoms with Gasteiger partial charge < -0.3 is 4.90 Å². The van der Waals surface area contributed by atoms with Crippen molar-refractivity contribution in [3.8, 4) is 0 Å². The molecule has 0 aliphatic heterocycles. The minimum absolute atomic E-state index is 0.328. The summed E-state index contributed by atoms with van der Waals surface area (Å²) >= 11 is 0. The molecule has 0 radical (unpaired) electrons. The molecule has 0 aliphatic rings. The fourth-order valence-electron chi connectivity index (χ4n) is 2.18. The van der Waals surface area contributed by atoms with Gasteiger partial charge in [-0.05, 0) is 56.4 Å². The molecule has 21 heavy (non-hydrogen) atoms. The molecule has 0 fully saturated rings. The number of rotatable bonds is 7. The molecule has 5 heteroatoms. The van der Waals surface area contributed by atoms with E-state index in [9.17, 15) is 8.42 Å². The van der Waals surface area contributed by atoms with Gasteiger partial charge in [0.15, 0.2) is 0 Å². The normalized spacial score (nSPS) is 12.1. The molecule has 0 amide bonds. The van der Waals surface area contributed by atoms with Crippen molar-refractivity contribution < 1.29 is 8.42 Å². The van der Waals surface area contributed by atoms with Crippen LogP contribution in [-0.4, -0.2) is 40.5 Å². The van der Waals surface area contributed by atoms with Gasteiger partial charge >= 0.3 is 0 Å². The summed E-state index contributed by atoms with van der Waals surface area (Å²) in [6.45, 7) is 1.45. The van der Waals surface area contributed by atoms with E-state index in [0.717, 1.165) is 30.2 Å². The van der Waals surface area contributed by atoms with E-state index in [1.54, 1.807) is 12.1 Å². The molecule has 0 aliphatic carbocycles. The first kappa shape index (κ1) is 15.9. The molecule has 0 spiro atoms. The standard InChI is InChI=1S/C16H22N2O2S/c1-18(2)12-6-5-11-17-21(19,20)16-10-9-14-7-3-4-8-15(14)13-16/h3-4,7-10,13,17H,5-6,11-12H2,1-2H3. The molecule has 4 nitrogen and oxygen atoms in total. The molecular weight excluding hydrogens is 284 g/mol. The van der Waals surface area contributed by atoms with Gasteiger partial charge in [0.25, 0.3) is 0 Å². The molecule has 114 valence electrons. The Hall–Kier alpha value is -1.43. The van der Waals surface area contributed by atoms with Crippen molar-refractivity contribution in [2.45, 2.75) is 17.7 Å². The van der Waals surface area contributed by atoms with Crippen LogP contribution in [0, 0.1) is 0 Å². The highest BCUT2D eigenvalue weighted by molar-refractivity contribution is 7.89. The third-order valence-corrected chi connectivity index (χ3v) is 4.81. The van der Waals surface area contributed by atoms with Crippen LogP contribution in [0.15, 0.2) is 47.4 Å². The lowest BCUT2D eigenvalue weighted by molar-refractivity contribution is 0.394. The molecule has 0 saturated carbocycles. The minimum Gasteiger partial charge on any atom is -0.309 e. The van der Waals surface area contributed by atoms with Gasteiger partial charge in [0, 0.05) is 6.54 Å². The number of nitrogens with zero attached hydrogens (tertiary/aromatic N) is 1. The van der Waals surface area contributed by atoms with Crippen molar-refractivity contribution in [3.63, 3.8) is 0 Å². The molecule has 0 bridgehead atoms. The van der Waals surface area contributed by atoms with Gasteiger partial charge in [0.05, 0.1) is 4.90 Å². The first-order chi connectivity index (χ1) is 9.99. The zero-order valence-corrected chi connectivity index (χ0v) is 13.4. The maximum Gasteiger partial charge on any atom is 0.240 e. The number of unbranched alkanes of at least 4 members (excludes halogenated alkanes) is 1. The lowest BCUT2D eigenvalue weighted by Crippen LogP contribution is -2.25. The Bertz CT molecular complexity index is 696. The quantitative estimate of drug-likeness (QED) is 0.799. The number of sulfonamides is 1. The van der Waals surface area contributed by atoms with E-state index in [2.05, 4.69) is 9.62 Å². The number of hydrogen-bond acceptors (Lipinski definition) is 3. The van der Waals surface area contributed by atoms with Gasteiger partial charge in [0.2, 0.25) is 10.0 Å². The Morgan fingerprint density at radius 2 is 1.71 bits per heavy atom. The van der Waals surface area contributed by atoms with Crippen LogP contribution in [-0.2, 0) is 10.0 Å². The second kappa shape index (κ2) is 7.02. The molecule has 0 saturated heterocycles. The predicted octanol–water partition coefficient (Wildman–Crippen LogP) is 2.46. The monoisotopic (exact) mass is 306 g/mol. The lowest BCUT2D eigenvalue weighted by atomic mass is 10.1. The highest BCUT2D eigenvalue weighted by Crippen LogP contribution is 2.18. The van der Waals surface area contributed by atoms with E-state index in [1.807, 2.05) is 44.4 Å². The number of nitrogens with one attached hydrogen (secondary N) is 1.